The first-order valence-electron chi connectivity index (χ1n) is 8.81. The summed E-state index contributed by atoms with van der Waals surface area (Å²) in [6.45, 7) is 0.618. The first-order chi connectivity index (χ1) is 13.6. The van der Waals surface area contributed by atoms with Crippen molar-refractivity contribution >= 4 is 23.0 Å². The Morgan fingerprint density at radius 3 is 2.32 bits per heavy atom. The van der Waals surface area contributed by atoms with Gasteiger partial charge in [0.25, 0.3) is 5.91 Å². The fourth-order valence-electron chi connectivity index (χ4n) is 2.74. The molecule has 1 amide bonds. The van der Waals surface area contributed by atoms with E-state index in [1.807, 2.05) is 42.5 Å². The average molecular weight is 377 g/mol. The Balaban J connectivity index is 1.61. The lowest BCUT2D eigenvalue weighted by atomic mass is 10.1. The third kappa shape index (κ3) is 4.54. The summed E-state index contributed by atoms with van der Waals surface area (Å²) in [5.74, 6) is 1.18. The summed E-state index contributed by atoms with van der Waals surface area (Å²) in [7, 11) is 3.22. The van der Waals surface area contributed by atoms with E-state index in [-0.39, 0.29) is 5.91 Å². The molecule has 0 saturated heterocycles. The minimum Gasteiger partial charge on any atom is -0.493 e. The number of hydrogen-bond acceptors (Lipinski definition) is 5. The highest BCUT2D eigenvalue weighted by Gasteiger charge is 2.08. The SMILES string of the molecule is COc1ccc(CNc2ccc(C(=O)Nc3ccccc3N)cc2)cc1OC. The monoisotopic (exact) mass is 377 g/mol. The number of benzene rings is 3. The molecule has 0 aliphatic rings. The van der Waals surface area contributed by atoms with Crippen LogP contribution in [0.4, 0.5) is 17.1 Å². The zero-order chi connectivity index (χ0) is 19.9. The minimum atomic E-state index is -0.204. The molecule has 0 aromatic heterocycles. The van der Waals surface area contributed by atoms with Gasteiger partial charge in [-0.15, -0.1) is 0 Å². The van der Waals surface area contributed by atoms with E-state index in [1.54, 1.807) is 38.5 Å². The maximum atomic E-state index is 12.4. The van der Waals surface area contributed by atoms with E-state index in [4.69, 9.17) is 15.2 Å². The van der Waals surface area contributed by atoms with E-state index >= 15 is 0 Å². The molecule has 3 aromatic carbocycles. The predicted octanol–water partition coefficient (Wildman–Crippen LogP) is 4.15. The van der Waals surface area contributed by atoms with Crippen molar-refractivity contribution in [1.82, 2.24) is 0 Å². The number of para-hydroxylation sites is 2. The lowest BCUT2D eigenvalue weighted by Crippen LogP contribution is -2.13. The molecule has 0 unspecified atom stereocenters. The summed E-state index contributed by atoms with van der Waals surface area (Å²) in [6, 6.07) is 20.2. The van der Waals surface area contributed by atoms with E-state index < -0.39 is 0 Å². The Bertz CT molecular complexity index is 955. The topological polar surface area (TPSA) is 85.6 Å². The molecule has 144 valence electrons. The van der Waals surface area contributed by atoms with Gasteiger partial charge in [0.2, 0.25) is 0 Å². The number of nitrogen functional groups attached to an aromatic ring is 1. The van der Waals surface area contributed by atoms with Gasteiger partial charge in [0, 0.05) is 17.8 Å². The van der Waals surface area contributed by atoms with Crippen LogP contribution in [0.15, 0.2) is 66.7 Å². The van der Waals surface area contributed by atoms with Gasteiger partial charge in [0.05, 0.1) is 25.6 Å². The van der Waals surface area contributed by atoms with Crippen molar-refractivity contribution in [2.75, 3.05) is 30.6 Å². The summed E-state index contributed by atoms with van der Waals surface area (Å²) in [6.07, 6.45) is 0. The van der Waals surface area contributed by atoms with Crippen LogP contribution in [0.2, 0.25) is 0 Å². The van der Waals surface area contributed by atoms with Crippen LogP contribution in [0.25, 0.3) is 0 Å². The minimum absolute atomic E-state index is 0.204. The van der Waals surface area contributed by atoms with Crippen molar-refractivity contribution in [2.24, 2.45) is 0 Å². The molecule has 4 N–H and O–H groups in total. The van der Waals surface area contributed by atoms with E-state index in [2.05, 4.69) is 10.6 Å². The number of anilines is 3. The standard InChI is InChI=1S/C22H23N3O3/c1-27-20-12-7-15(13-21(20)28-2)14-24-17-10-8-16(9-11-17)22(26)25-19-6-4-3-5-18(19)23/h3-13,24H,14,23H2,1-2H3,(H,25,26). The zero-order valence-electron chi connectivity index (χ0n) is 15.9. The maximum absolute atomic E-state index is 12.4. The lowest BCUT2D eigenvalue weighted by molar-refractivity contribution is 0.102. The Morgan fingerprint density at radius 2 is 1.64 bits per heavy atom. The number of ether oxygens (including phenoxy) is 2. The Morgan fingerprint density at radius 1 is 0.929 bits per heavy atom. The van der Waals surface area contributed by atoms with Crippen LogP contribution in [0.3, 0.4) is 0 Å². The molecular weight excluding hydrogens is 354 g/mol. The number of nitrogens with two attached hydrogens (primary N) is 1. The van der Waals surface area contributed by atoms with Crippen LogP contribution in [0, 0.1) is 0 Å². The highest BCUT2D eigenvalue weighted by Crippen LogP contribution is 2.28. The number of nitrogens with one attached hydrogen (secondary N) is 2. The van der Waals surface area contributed by atoms with Gasteiger partial charge < -0.3 is 25.8 Å². The van der Waals surface area contributed by atoms with E-state index in [9.17, 15) is 4.79 Å². The molecule has 0 bridgehead atoms. The van der Waals surface area contributed by atoms with Crippen LogP contribution in [0.1, 0.15) is 15.9 Å². The van der Waals surface area contributed by atoms with Crippen molar-refractivity contribution in [3.05, 3.63) is 77.9 Å². The van der Waals surface area contributed by atoms with Gasteiger partial charge in [0.1, 0.15) is 0 Å². The Labute approximate surface area is 164 Å². The number of carbonyl (C=O) groups excluding carboxylic acids is 1. The Hall–Kier alpha value is -3.67. The van der Waals surface area contributed by atoms with Crippen LogP contribution < -0.4 is 25.8 Å². The highest BCUT2D eigenvalue weighted by molar-refractivity contribution is 6.05. The highest BCUT2D eigenvalue weighted by atomic mass is 16.5. The third-order valence-corrected chi connectivity index (χ3v) is 4.30. The molecule has 0 spiro atoms. The average Bonchev–Trinajstić information content (AvgIpc) is 2.74. The van der Waals surface area contributed by atoms with Gasteiger partial charge in [0.15, 0.2) is 11.5 Å². The van der Waals surface area contributed by atoms with E-state index in [0.717, 1.165) is 11.3 Å². The van der Waals surface area contributed by atoms with Gasteiger partial charge in [-0.05, 0) is 54.1 Å². The van der Waals surface area contributed by atoms with Gasteiger partial charge >= 0.3 is 0 Å². The molecule has 0 aliphatic carbocycles. The normalized spacial score (nSPS) is 10.2. The van der Waals surface area contributed by atoms with E-state index in [1.165, 1.54) is 0 Å². The summed E-state index contributed by atoms with van der Waals surface area (Å²) < 4.78 is 10.6. The van der Waals surface area contributed by atoms with Crippen molar-refractivity contribution in [2.45, 2.75) is 6.54 Å². The second-order valence-electron chi connectivity index (χ2n) is 6.16. The zero-order valence-corrected chi connectivity index (χ0v) is 15.9. The second kappa shape index (κ2) is 8.81. The van der Waals surface area contributed by atoms with E-state index in [0.29, 0.717) is 35.0 Å². The van der Waals surface area contributed by atoms with Gasteiger partial charge in [-0.3, -0.25) is 4.79 Å². The molecule has 0 heterocycles. The third-order valence-electron chi connectivity index (χ3n) is 4.30. The number of amides is 1. The second-order valence-corrected chi connectivity index (χ2v) is 6.16. The van der Waals surface area contributed by atoms with Gasteiger partial charge in [-0.2, -0.15) is 0 Å². The maximum Gasteiger partial charge on any atom is 0.255 e. The quantitative estimate of drug-likeness (QED) is 0.539. The summed E-state index contributed by atoms with van der Waals surface area (Å²) in [4.78, 5) is 12.4. The molecule has 0 saturated carbocycles. The lowest BCUT2D eigenvalue weighted by Gasteiger charge is -2.11. The van der Waals surface area contributed by atoms with Crippen LogP contribution in [0.5, 0.6) is 11.5 Å². The molecule has 28 heavy (non-hydrogen) atoms. The molecule has 3 rings (SSSR count). The molecule has 3 aromatic rings. The van der Waals surface area contributed by atoms with Gasteiger partial charge in [-0.25, -0.2) is 0 Å². The van der Waals surface area contributed by atoms with Crippen LogP contribution >= 0.6 is 0 Å². The first kappa shape index (κ1) is 19.1. The predicted molar refractivity (Wildman–Crippen MR) is 112 cm³/mol. The fraction of sp³-hybridized carbons (Fsp3) is 0.136. The van der Waals surface area contributed by atoms with Crippen molar-refractivity contribution in [3.8, 4) is 11.5 Å². The van der Waals surface area contributed by atoms with Crippen molar-refractivity contribution < 1.29 is 14.3 Å². The van der Waals surface area contributed by atoms with Gasteiger partial charge in [-0.1, -0.05) is 18.2 Å². The summed E-state index contributed by atoms with van der Waals surface area (Å²) >= 11 is 0. The molecule has 0 radical (unpaired) electrons. The molecular formula is C22H23N3O3. The molecule has 6 nitrogen and oxygen atoms in total. The first-order valence-corrected chi connectivity index (χ1v) is 8.81. The smallest absolute Gasteiger partial charge is 0.255 e. The molecule has 0 aliphatic heterocycles. The largest absolute Gasteiger partial charge is 0.493 e. The van der Waals surface area contributed by atoms with Crippen LogP contribution in [-0.2, 0) is 6.54 Å². The summed E-state index contributed by atoms with van der Waals surface area (Å²) in [5.41, 5.74) is 9.51. The van der Waals surface area contributed by atoms with Crippen LogP contribution in [-0.4, -0.2) is 20.1 Å². The van der Waals surface area contributed by atoms with Crippen molar-refractivity contribution in [1.29, 1.82) is 0 Å². The Kier molecular flexibility index (Phi) is 6.01. The number of carbonyl (C=O) groups is 1. The van der Waals surface area contributed by atoms with Crippen molar-refractivity contribution in [3.63, 3.8) is 0 Å². The molecule has 6 heteroatoms. The number of methoxy groups -OCH3 is 2. The number of rotatable bonds is 7. The molecule has 0 atom stereocenters. The summed E-state index contributed by atoms with van der Waals surface area (Å²) in [5, 5.41) is 6.14. The fourth-order valence-corrected chi connectivity index (χ4v) is 2.74. The molecule has 0 fully saturated rings. The number of hydrogen-bond donors (Lipinski definition) is 3.